The Morgan fingerprint density at radius 1 is 1.53 bits per heavy atom. The lowest BCUT2D eigenvalue weighted by molar-refractivity contribution is 0.270. The molecule has 7 heteroatoms. The number of hydrogen-bond donors (Lipinski definition) is 2. The van der Waals surface area contributed by atoms with Crippen LogP contribution in [0.3, 0.4) is 0 Å². The molecular weight excluding hydrogens is 288 g/mol. The predicted molar refractivity (Wildman–Crippen MR) is 72.3 cm³/mol. The monoisotopic (exact) mass is 302 g/mol. The number of nitrogens with zero attached hydrogens (tertiary/aromatic N) is 1. The molecule has 0 aliphatic carbocycles. The average molecular weight is 303 g/mol. The van der Waals surface area contributed by atoms with Gasteiger partial charge in [0.2, 0.25) is 10.0 Å². The number of benzene rings is 1. The maximum absolute atomic E-state index is 12.2. The zero-order chi connectivity index (χ0) is 14.5. The van der Waals surface area contributed by atoms with Crippen LogP contribution in [-0.2, 0) is 10.0 Å². The number of rotatable bonds is 6. The Morgan fingerprint density at radius 2 is 2.21 bits per heavy atom. The van der Waals surface area contributed by atoms with Crippen LogP contribution in [0.25, 0.3) is 0 Å². The van der Waals surface area contributed by atoms with Crippen molar-refractivity contribution in [3.63, 3.8) is 0 Å². The largest absolute Gasteiger partial charge is 0.396 e. The number of nitrogens with one attached hydrogen (secondary N) is 1. The van der Waals surface area contributed by atoms with Gasteiger partial charge in [-0.3, -0.25) is 0 Å². The number of aliphatic hydroxyl groups is 1. The maximum atomic E-state index is 12.2. The Morgan fingerprint density at radius 3 is 2.74 bits per heavy atom. The quantitative estimate of drug-likeness (QED) is 0.836. The van der Waals surface area contributed by atoms with E-state index >= 15 is 0 Å². The standard InChI is InChI=1S/C12H15ClN2O3S/c1-2-9(6-7-16)15-19(17,18)12-5-3-4-11(13)10(12)8-14/h3-5,9,15-16H,2,6-7H2,1H3. The number of hydrogen-bond acceptors (Lipinski definition) is 4. The van der Waals surface area contributed by atoms with E-state index in [0.717, 1.165) is 0 Å². The van der Waals surface area contributed by atoms with Gasteiger partial charge in [0.1, 0.15) is 11.0 Å². The SMILES string of the molecule is CCC(CCO)NS(=O)(=O)c1cccc(Cl)c1C#N. The molecule has 0 saturated heterocycles. The molecule has 5 nitrogen and oxygen atoms in total. The van der Waals surface area contributed by atoms with Crippen molar-refractivity contribution in [3.05, 3.63) is 28.8 Å². The van der Waals surface area contributed by atoms with Crippen molar-refractivity contribution in [2.45, 2.75) is 30.7 Å². The van der Waals surface area contributed by atoms with Crippen LogP contribution in [0, 0.1) is 11.3 Å². The molecule has 1 rings (SSSR count). The molecule has 0 radical (unpaired) electrons. The average Bonchev–Trinajstić information content (AvgIpc) is 2.37. The van der Waals surface area contributed by atoms with Crippen molar-refractivity contribution in [2.24, 2.45) is 0 Å². The highest BCUT2D eigenvalue weighted by atomic mass is 35.5. The minimum absolute atomic E-state index is 0.0736. The summed E-state index contributed by atoms with van der Waals surface area (Å²) in [7, 11) is -3.83. The third-order valence-corrected chi connectivity index (χ3v) is 4.55. The first-order valence-electron chi connectivity index (χ1n) is 5.78. The Balaban J connectivity index is 3.15. The van der Waals surface area contributed by atoms with E-state index in [1.165, 1.54) is 18.2 Å². The summed E-state index contributed by atoms with van der Waals surface area (Å²) in [6.45, 7) is 1.70. The molecule has 1 aromatic carbocycles. The van der Waals surface area contributed by atoms with Gasteiger partial charge in [0.05, 0.1) is 10.6 Å². The molecule has 0 fully saturated rings. The fourth-order valence-electron chi connectivity index (χ4n) is 1.62. The molecule has 0 heterocycles. The topological polar surface area (TPSA) is 90.2 Å². The summed E-state index contributed by atoms with van der Waals surface area (Å²) in [5, 5.41) is 18.0. The third kappa shape index (κ3) is 3.91. The second-order valence-electron chi connectivity index (χ2n) is 3.96. The van der Waals surface area contributed by atoms with Crippen molar-refractivity contribution in [1.29, 1.82) is 5.26 Å². The Bertz CT molecular complexity index is 581. The van der Waals surface area contributed by atoms with Crippen LogP contribution in [0.2, 0.25) is 5.02 Å². The van der Waals surface area contributed by atoms with E-state index in [4.69, 9.17) is 22.0 Å². The lowest BCUT2D eigenvalue weighted by atomic mass is 10.2. The van der Waals surface area contributed by atoms with Gasteiger partial charge in [0.25, 0.3) is 0 Å². The Hall–Kier alpha value is -1.13. The molecule has 0 aliphatic rings. The summed E-state index contributed by atoms with van der Waals surface area (Å²) in [4.78, 5) is -0.140. The van der Waals surface area contributed by atoms with Gasteiger partial charge >= 0.3 is 0 Å². The fourth-order valence-corrected chi connectivity index (χ4v) is 3.43. The van der Waals surface area contributed by atoms with Crippen LogP contribution >= 0.6 is 11.6 Å². The lowest BCUT2D eigenvalue weighted by Gasteiger charge is -2.16. The lowest BCUT2D eigenvalue weighted by Crippen LogP contribution is -2.35. The van der Waals surface area contributed by atoms with Crippen LogP contribution < -0.4 is 4.72 Å². The highest BCUT2D eigenvalue weighted by Crippen LogP contribution is 2.23. The van der Waals surface area contributed by atoms with Crippen molar-refractivity contribution >= 4 is 21.6 Å². The summed E-state index contributed by atoms with van der Waals surface area (Å²) in [6, 6.07) is 5.69. The second-order valence-corrected chi connectivity index (χ2v) is 6.05. The minimum atomic E-state index is -3.83. The van der Waals surface area contributed by atoms with Gasteiger partial charge in [-0.2, -0.15) is 5.26 Å². The molecule has 0 aliphatic heterocycles. The molecule has 0 amide bonds. The normalized spacial score (nSPS) is 12.9. The van der Waals surface area contributed by atoms with Gasteiger partial charge in [-0.25, -0.2) is 13.1 Å². The molecule has 0 bridgehead atoms. The fraction of sp³-hybridized carbons (Fsp3) is 0.417. The van der Waals surface area contributed by atoms with E-state index in [-0.39, 0.29) is 28.1 Å². The summed E-state index contributed by atoms with van der Waals surface area (Å²) >= 11 is 5.81. The molecule has 0 spiro atoms. The van der Waals surface area contributed by atoms with Crippen molar-refractivity contribution in [2.75, 3.05) is 6.61 Å². The van der Waals surface area contributed by atoms with Crippen molar-refractivity contribution < 1.29 is 13.5 Å². The first kappa shape index (κ1) is 15.9. The van der Waals surface area contributed by atoms with Crippen LogP contribution in [0.5, 0.6) is 0 Å². The highest BCUT2D eigenvalue weighted by Gasteiger charge is 2.23. The predicted octanol–water partition coefficient (Wildman–Crippen LogP) is 1.65. The first-order valence-corrected chi connectivity index (χ1v) is 7.64. The molecule has 0 saturated carbocycles. The number of nitriles is 1. The molecule has 0 aromatic heterocycles. The molecule has 1 unspecified atom stereocenters. The van der Waals surface area contributed by atoms with Gasteiger partial charge in [0.15, 0.2) is 0 Å². The van der Waals surface area contributed by atoms with E-state index in [2.05, 4.69) is 4.72 Å². The highest BCUT2D eigenvalue weighted by molar-refractivity contribution is 7.89. The molecular formula is C12H15ClN2O3S. The molecule has 2 N–H and O–H groups in total. The summed E-state index contributed by atoms with van der Waals surface area (Å²) in [5.41, 5.74) is -0.0736. The van der Waals surface area contributed by atoms with Crippen molar-refractivity contribution in [1.82, 2.24) is 4.72 Å². The smallest absolute Gasteiger partial charge is 0.242 e. The Labute approximate surface area is 117 Å². The van der Waals surface area contributed by atoms with Crippen LogP contribution in [0.1, 0.15) is 25.3 Å². The number of halogens is 1. The summed E-state index contributed by atoms with van der Waals surface area (Å²) < 4.78 is 26.9. The number of sulfonamides is 1. The van der Waals surface area contributed by atoms with Crippen LogP contribution in [0.15, 0.2) is 23.1 Å². The van der Waals surface area contributed by atoms with Crippen molar-refractivity contribution in [3.8, 4) is 6.07 Å². The zero-order valence-electron chi connectivity index (χ0n) is 10.4. The maximum Gasteiger partial charge on any atom is 0.242 e. The minimum Gasteiger partial charge on any atom is -0.396 e. The van der Waals surface area contributed by atoms with Gasteiger partial charge in [0, 0.05) is 12.6 Å². The third-order valence-electron chi connectivity index (χ3n) is 2.67. The van der Waals surface area contributed by atoms with E-state index in [1.807, 2.05) is 6.92 Å². The molecule has 1 atom stereocenters. The summed E-state index contributed by atoms with van der Waals surface area (Å²) in [6.07, 6.45) is 0.862. The van der Waals surface area contributed by atoms with Gasteiger partial charge in [-0.1, -0.05) is 24.6 Å². The van der Waals surface area contributed by atoms with Gasteiger partial charge in [-0.05, 0) is 25.0 Å². The summed E-state index contributed by atoms with van der Waals surface area (Å²) in [5.74, 6) is 0. The molecule has 19 heavy (non-hydrogen) atoms. The first-order chi connectivity index (χ1) is 8.96. The number of aliphatic hydroxyl groups excluding tert-OH is 1. The van der Waals surface area contributed by atoms with Crippen LogP contribution in [-0.4, -0.2) is 26.2 Å². The Kier molecular flexibility index (Phi) is 5.76. The van der Waals surface area contributed by atoms with E-state index in [9.17, 15) is 8.42 Å². The van der Waals surface area contributed by atoms with Gasteiger partial charge < -0.3 is 5.11 Å². The van der Waals surface area contributed by atoms with E-state index in [0.29, 0.717) is 12.8 Å². The molecule has 1 aromatic rings. The zero-order valence-corrected chi connectivity index (χ0v) is 12.0. The second kappa shape index (κ2) is 6.87. The van der Waals surface area contributed by atoms with E-state index < -0.39 is 10.0 Å². The van der Waals surface area contributed by atoms with Gasteiger partial charge in [-0.15, -0.1) is 0 Å². The van der Waals surface area contributed by atoms with Crippen LogP contribution in [0.4, 0.5) is 0 Å². The molecule has 104 valence electrons. The van der Waals surface area contributed by atoms with E-state index in [1.54, 1.807) is 6.07 Å².